The average Bonchev–Trinajstić information content (AvgIpc) is 2.96. The summed E-state index contributed by atoms with van der Waals surface area (Å²) in [7, 11) is 2.04. The van der Waals surface area contributed by atoms with Crippen LogP contribution in [-0.2, 0) is 18.2 Å². The minimum Gasteiger partial charge on any atom is -0.374 e. The predicted molar refractivity (Wildman–Crippen MR) is 70.5 cm³/mol. The Balaban J connectivity index is 1.67. The maximum atomic E-state index is 5.84. The van der Waals surface area contributed by atoms with Gasteiger partial charge in [-0.2, -0.15) is 5.10 Å². The van der Waals surface area contributed by atoms with E-state index in [0.29, 0.717) is 6.04 Å². The molecule has 0 amide bonds. The van der Waals surface area contributed by atoms with Crippen molar-refractivity contribution in [2.75, 3.05) is 13.2 Å². The number of nitrogens with zero attached hydrogens (tertiary/aromatic N) is 2. The lowest BCUT2D eigenvalue weighted by Gasteiger charge is -2.29. The molecule has 1 saturated heterocycles. The van der Waals surface area contributed by atoms with Crippen LogP contribution in [0.1, 0.15) is 49.9 Å². The first-order chi connectivity index (χ1) is 8.68. The number of ether oxygens (including phenoxy) is 1. The van der Waals surface area contributed by atoms with Crippen LogP contribution in [0, 0.1) is 0 Å². The molecule has 0 saturated carbocycles. The van der Waals surface area contributed by atoms with E-state index >= 15 is 0 Å². The third-order valence-corrected chi connectivity index (χ3v) is 4.40. The number of nitrogens with one attached hydrogen (secondary N) is 1. The van der Waals surface area contributed by atoms with Crippen LogP contribution >= 0.6 is 0 Å². The van der Waals surface area contributed by atoms with E-state index in [1.807, 2.05) is 17.9 Å². The van der Waals surface area contributed by atoms with E-state index in [4.69, 9.17) is 4.74 Å². The van der Waals surface area contributed by atoms with Gasteiger partial charge < -0.3 is 10.1 Å². The molecular formula is C14H23N3O. The summed E-state index contributed by atoms with van der Waals surface area (Å²) in [5, 5.41) is 8.09. The first-order valence-electron chi connectivity index (χ1n) is 7.06. The van der Waals surface area contributed by atoms with Gasteiger partial charge in [-0.3, -0.25) is 4.68 Å². The summed E-state index contributed by atoms with van der Waals surface area (Å²) in [4.78, 5) is 0. The van der Waals surface area contributed by atoms with E-state index in [0.717, 1.165) is 19.6 Å². The Morgan fingerprint density at radius 1 is 1.56 bits per heavy atom. The highest BCUT2D eigenvalue weighted by atomic mass is 16.5. The van der Waals surface area contributed by atoms with E-state index in [1.54, 1.807) is 0 Å². The summed E-state index contributed by atoms with van der Waals surface area (Å²) in [6, 6.07) is 0.462. The Hall–Kier alpha value is -0.870. The zero-order valence-corrected chi connectivity index (χ0v) is 11.4. The predicted octanol–water partition coefficient (Wildman–Crippen LogP) is 1.96. The number of hydrogen-bond donors (Lipinski definition) is 1. The Morgan fingerprint density at radius 3 is 3.22 bits per heavy atom. The maximum absolute atomic E-state index is 5.84. The number of aryl methyl sites for hydroxylation is 1. The molecule has 4 nitrogen and oxygen atoms in total. The van der Waals surface area contributed by atoms with Gasteiger partial charge in [0.1, 0.15) is 0 Å². The van der Waals surface area contributed by atoms with Crippen LogP contribution in [0.25, 0.3) is 0 Å². The minimum atomic E-state index is 0.0415. The summed E-state index contributed by atoms with van der Waals surface area (Å²) >= 11 is 0. The van der Waals surface area contributed by atoms with Gasteiger partial charge in [0.25, 0.3) is 0 Å². The molecule has 1 aliphatic carbocycles. The van der Waals surface area contributed by atoms with Crippen LogP contribution in [-0.4, -0.2) is 28.5 Å². The lowest BCUT2D eigenvalue weighted by Crippen LogP contribution is -2.39. The molecule has 0 radical (unpaired) electrons. The van der Waals surface area contributed by atoms with Gasteiger partial charge in [0.05, 0.1) is 11.8 Å². The quantitative estimate of drug-likeness (QED) is 0.890. The van der Waals surface area contributed by atoms with E-state index in [-0.39, 0.29) is 5.60 Å². The average molecular weight is 249 g/mol. The van der Waals surface area contributed by atoms with E-state index < -0.39 is 0 Å². The van der Waals surface area contributed by atoms with Gasteiger partial charge in [0.2, 0.25) is 0 Å². The molecule has 2 heterocycles. The number of hydrogen-bond acceptors (Lipinski definition) is 3. The minimum absolute atomic E-state index is 0.0415. The molecular weight excluding hydrogens is 226 g/mol. The molecule has 0 bridgehead atoms. The number of rotatable bonds is 3. The summed E-state index contributed by atoms with van der Waals surface area (Å²) < 4.78 is 7.87. The molecule has 2 aliphatic rings. The second-order valence-corrected chi connectivity index (χ2v) is 5.90. The fourth-order valence-corrected chi connectivity index (χ4v) is 3.23. The number of fused-ring (bicyclic) bond motifs is 1. The van der Waals surface area contributed by atoms with Gasteiger partial charge in [-0.15, -0.1) is 0 Å². The van der Waals surface area contributed by atoms with Crippen molar-refractivity contribution in [1.29, 1.82) is 0 Å². The Kier molecular flexibility index (Phi) is 3.16. The summed E-state index contributed by atoms with van der Waals surface area (Å²) in [5.41, 5.74) is 2.83. The Labute approximate surface area is 109 Å². The molecule has 1 aliphatic heterocycles. The van der Waals surface area contributed by atoms with Gasteiger partial charge in [-0.1, -0.05) is 0 Å². The fourth-order valence-electron chi connectivity index (χ4n) is 3.23. The third kappa shape index (κ3) is 2.19. The zero-order valence-electron chi connectivity index (χ0n) is 11.4. The summed E-state index contributed by atoms with van der Waals surface area (Å²) in [5.74, 6) is 0. The second-order valence-electron chi connectivity index (χ2n) is 5.90. The monoisotopic (exact) mass is 249 g/mol. The number of aromatic nitrogens is 2. The van der Waals surface area contributed by atoms with Crippen molar-refractivity contribution in [2.24, 2.45) is 7.05 Å². The fraction of sp³-hybridized carbons (Fsp3) is 0.786. The summed E-state index contributed by atoms with van der Waals surface area (Å²) in [6.07, 6.45) is 8.03. The molecule has 0 spiro atoms. The SMILES string of the molecule is Cn1ncc2c1CCCC2NCC1(C)CCCO1. The topological polar surface area (TPSA) is 39.1 Å². The van der Waals surface area contributed by atoms with Crippen LogP contribution in [0.2, 0.25) is 0 Å². The second kappa shape index (κ2) is 4.67. The lowest BCUT2D eigenvalue weighted by atomic mass is 9.92. The highest BCUT2D eigenvalue weighted by Crippen LogP contribution is 2.31. The molecule has 3 rings (SSSR count). The standard InChI is InChI=1S/C14H23N3O/c1-14(7-4-8-18-14)10-15-12-5-3-6-13-11(12)9-16-17(13)2/h9,12,15H,3-8,10H2,1-2H3. The lowest BCUT2D eigenvalue weighted by molar-refractivity contribution is 0.0182. The van der Waals surface area contributed by atoms with Gasteiger partial charge >= 0.3 is 0 Å². The molecule has 1 aromatic rings. The highest BCUT2D eigenvalue weighted by Gasteiger charge is 2.31. The van der Waals surface area contributed by atoms with Crippen molar-refractivity contribution in [3.05, 3.63) is 17.5 Å². The van der Waals surface area contributed by atoms with Crippen LogP contribution in [0.4, 0.5) is 0 Å². The molecule has 1 N–H and O–H groups in total. The summed E-state index contributed by atoms with van der Waals surface area (Å²) in [6.45, 7) is 4.09. The van der Waals surface area contributed by atoms with Crippen LogP contribution in [0.5, 0.6) is 0 Å². The van der Waals surface area contributed by atoms with Gasteiger partial charge in [-0.05, 0) is 39.0 Å². The third-order valence-electron chi connectivity index (χ3n) is 4.40. The molecule has 100 valence electrons. The van der Waals surface area contributed by atoms with Crippen molar-refractivity contribution in [3.8, 4) is 0 Å². The largest absolute Gasteiger partial charge is 0.374 e. The smallest absolute Gasteiger partial charge is 0.0779 e. The molecule has 1 aromatic heterocycles. The first-order valence-corrected chi connectivity index (χ1v) is 7.06. The van der Waals surface area contributed by atoms with Gasteiger partial charge in [0, 0.05) is 37.5 Å². The van der Waals surface area contributed by atoms with Crippen LogP contribution < -0.4 is 5.32 Å². The normalized spacial score (nSPS) is 31.6. The van der Waals surface area contributed by atoms with E-state index in [9.17, 15) is 0 Å². The Bertz CT molecular complexity index is 421. The first kappa shape index (κ1) is 12.2. The van der Waals surface area contributed by atoms with E-state index in [1.165, 1.54) is 36.9 Å². The van der Waals surface area contributed by atoms with Gasteiger partial charge in [0.15, 0.2) is 0 Å². The molecule has 2 atom stereocenters. The zero-order chi connectivity index (χ0) is 12.6. The van der Waals surface area contributed by atoms with Gasteiger partial charge in [-0.25, -0.2) is 0 Å². The van der Waals surface area contributed by atoms with Crippen LogP contribution in [0.3, 0.4) is 0 Å². The maximum Gasteiger partial charge on any atom is 0.0779 e. The highest BCUT2D eigenvalue weighted by molar-refractivity contribution is 5.24. The van der Waals surface area contributed by atoms with Crippen LogP contribution in [0.15, 0.2) is 6.20 Å². The molecule has 2 unspecified atom stereocenters. The van der Waals surface area contributed by atoms with Crippen molar-refractivity contribution in [3.63, 3.8) is 0 Å². The molecule has 1 fully saturated rings. The Morgan fingerprint density at radius 2 is 2.44 bits per heavy atom. The molecule has 18 heavy (non-hydrogen) atoms. The van der Waals surface area contributed by atoms with E-state index in [2.05, 4.69) is 17.3 Å². The molecule has 4 heteroatoms. The van der Waals surface area contributed by atoms with Crippen molar-refractivity contribution in [2.45, 2.75) is 50.7 Å². The molecule has 0 aromatic carbocycles. The van der Waals surface area contributed by atoms with Crippen molar-refractivity contribution in [1.82, 2.24) is 15.1 Å². The van der Waals surface area contributed by atoms with Crippen molar-refractivity contribution < 1.29 is 4.74 Å². The van der Waals surface area contributed by atoms with Crippen molar-refractivity contribution >= 4 is 0 Å².